The van der Waals surface area contributed by atoms with Gasteiger partial charge in [0.25, 0.3) is 0 Å². The lowest BCUT2D eigenvalue weighted by Crippen LogP contribution is -2.26. The van der Waals surface area contributed by atoms with Crippen LogP contribution in [-0.4, -0.2) is 30.5 Å². The van der Waals surface area contributed by atoms with Gasteiger partial charge in [-0.25, -0.2) is 0 Å². The van der Waals surface area contributed by atoms with E-state index in [0.717, 1.165) is 11.3 Å². The summed E-state index contributed by atoms with van der Waals surface area (Å²) in [5, 5.41) is 12.5. The van der Waals surface area contributed by atoms with Gasteiger partial charge in [0, 0.05) is 12.1 Å². The zero-order valence-electron chi connectivity index (χ0n) is 13.6. The van der Waals surface area contributed by atoms with Crippen LogP contribution in [0, 0.1) is 11.3 Å². The lowest BCUT2D eigenvalue weighted by molar-refractivity contribution is 0.268. The molecule has 6 nitrogen and oxygen atoms in total. The van der Waals surface area contributed by atoms with Crippen molar-refractivity contribution in [1.29, 1.82) is 5.26 Å². The average molecular weight is 322 g/mol. The van der Waals surface area contributed by atoms with Crippen LogP contribution in [0.1, 0.15) is 17.5 Å². The molecule has 3 aromatic rings. The summed E-state index contributed by atoms with van der Waals surface area (Å²) in [6, 6.07) is 15.4. The van der Waals surface area contributed by atoms with Crippen molar-refractivity contribution in [3.05, 3.63) is 60.2 Å². The number of benzene rings is 1. The number of rotatable bonds is 6. The maximum absolute atomic E-state index is 9.30. The molecule has 1 atom stereocenters. The van der Waals surface area contributed by atoms with E-state index in [4.69, 9.17) is 8.83 Å². The number of hydrogen-bond donors (Lipinski definition) is 1. The molecule has 2 heterocycles. The molecule has 1 N–H and O–H groups in total. The van der Waals surface area contributed by atoms with E-state index in [1.807, 2.05) is 61.5 Å². The van der Waals surface area contributed by atoms with Gasteiger partial charge in [-0.1, -0.05) is 18.2 Å². The molecule has 1 aromatic carbocycles. The SMILES string of the molecule is CN(C)[C@H](CNc1oc(-c2ccccc2)nc1C#N)c1ccco1. The van der Waals surface area contributed by atoms with Gasteiger partial charge in [-0.2, -0.15) is 10.2 Å². The summed E-state index contributed by atoms with van der Waals surface area (Å²) in [4.78, 5) is 6.29. The third-order valence-corrected chi connectivity index (χ3v) is 3.70. The Kier molecular flexibility index (Phi) is 4.64. The molecule has 24 heavy (non-hydrogen) atoms. The summed E-state index contributed by atoms with van der Waals surface area (Å²) in [6.07, 6.45) is 1.65. The summed E-state index contributed by atoms with van der Waals surface area (Å²) in [5.74, 6) is 1.64. The Morgan fingerprint density at radius 1 is 1.21 bits per heavy atom. The largest absolute Gasteiger partial charge is 0.468 e. The van der Waals surface area contributed by atoms with E-state index in [9.17, 15) is 5.26 Å². The topological polar surface area (TPSA) is 78.2 Å². The number of nitrogens with zero attached hydrogens (tertiary/aromatic N) is 3. The van der Waals surface area contributed by atoms with Crippen LogP contribution in [0.5, 0.6) is 0 Å². The Morgan fingerprint density at radius 3 is 2.62 bits per heavy atom. The van der Waals surface area contributed by atoms with Crippen molar-refractivity contribution in [3.8, 4) is 17.5 Å². The zero-order chi connectivity index (χ0) is 16.9. The van der Waals surface area contributed by atoms with Crippen LogP contribution in [0.3, 0.4) is 0 Å². The smallest absolute Gasteiger partial charge is 0.232 e. The number of furan rings is 1. The first-order valence-corrected chi connectivity index (χ1v) is 7.59. The molecule has 0 spiro atoms. The molecule has 0 unspecified atom stereocenters. The molecular weight excluding hydrogens is 304 g/mol. The van der Waals surface area contributed by atoms with Crippen molar-refractivity contribution in [1.82, 2.24) is 9.88 Å². The van der Waals surface area contributed by atoms with Gasteiger partial charge < -0.3 is 14.2 Å². The summed E-state index contributed by atoms with van der Waals surface area (Å²) >= 11 is 0. The second-order valence-corrected chi connectivity index (χ2v) is 5.55. The molecule has 0 aliphatic rings. The van der Waals surface area contributed by atoms with E-state index < -0.39 is 0 Å². The zero-order valence-corrected chi connectivity index (χ0v) is 13.6. The minimum Gasteiger partial charge on any atom is -0.468 e. The van der Waals surface area contributed by atoms with Gasteiger partial charge >= 0.3 is 0 Å². The number of aromatic nitrogens is 1. The lowest BCUT2D eigenvalue weighted by Gasteiger charge is -2.22. The lowest BCUT2D eigenvalue weighted by atomic mass is 10.2. The number of anilines is 1. The highest BCUT2D eigenvalue weighted by atomic mass is 16.4. The molecule has 0 saturated carbocycles. The van der Waals surface area contributed by atoms with E-state index in [1.54, 1.807) is 6.26 Å². The van der Waals surface area contributed by atoms with Crippen molar-refractivity contribution in [3.63, 3.8) is 0 Å². The quantitative estimate of drug-likeness (QED) is 0.748. The minimum atomic E-state index is 0.0109. The predicted molar refractivity (Wildman–Crippen MR) is 90.3 cm³/mol. The minimum absolute atomic E-state index is 0.0109. The Hall–Kier alpha value is -3.04. The van der Waals surface area contributed by atoms with Crippen molar-refractivity contribution in [2.75, 3.05) is 26.0 Å². The van der Waals surface area contributed by atoms with Crippen molar-refractivity contribution in [2.24, 2.45) is 0 Å². The number of likely N-dealkylation sites (N-methyl/N-ethyl adjacent to an activating group) is 1. The summed E-state index contributed by atoms with van der Waals surface area (Å²) < 4.78 is 11.2. The Morgan fingerprint density at radius 2 is 2.00 bits per heavy atom. The summed E-state index contributed by atoms with van der Waals surface area (Å²) in [7, 11) is 3.94. The first-order valence-electron chi connectivity index (χ1n) is 7.59. The molecule has 0 bridgehead atoms. The standard InChI is InChI=1S/C18H18N4O2/c1-22(2)15(16-9-6-10-23-16)12-20-18-14(11-19)21-17(24-18)13-7-4-3-5-8-13/h3-10,15,20H,12H2,1-2H3/t15-/m1/s1. The number of nitrogens with one attached hydrogen (secondary N) is 1. The van der Waals surface area contributed by atoms with Gasteiger partial charge in [0.2, 0.25) is 17.5 Å². The van der Waals surface area contributed by atoms with Gasteiger partial charge in [-0.15, -0.1) is 0 Å². The van der Waals surface area contributed by atoms with E-state index in [0.29, 0.717) is 18.3 Å². The van der Waals surface area contributed by atoms with Crippen LogP contribution >= 0.6 is 0 Å². The molecule has 0 radical (unpaired) electrons. The Bertz CT molecular complexity index is 817. The van der Waals surface area contributed by atoms with Crippen LogP contribution in [0.2, 0.25) is 0 Å². The summed E-state index contributed by atoms with van der Waals surface area (Å²) in [6.45, 7) is 0.526. The fraction of sp³-hybridized carbons (Fsp3) is 0.222. The highest BCUT2D eigenvalue weighted by Gasteiger charge is 2.20. The maximum atomic E-state index is 9.30. The molecule has 0 fully saturated rings. The highest BCUT2D eigenvalue weighted by molar-refractivity contribution is 5.58. The molecule has 3 rings (SSSR count). The number of hydrogen-bond acceptors (Lipinski definition) is 6. The Labute approximate surface area is 140 Å². The van der Waals surface area contributed by atoms with Crippen molar-refractivity contribution >= 4 is 5.88 Å². The third-order valence-electron chi connectivity index (χ3n) is 3.70. The second-order valence-electron chi connectivity index (χ2n) is 5.55. The predicted octanol–water partition coefficient (Wildman–Crippen LogP) is 3.52. The van der Waals surface area contributed by atoms with E-state index >= 15 is 0 Å². The molecule has 122 valence electrons. The fourth-order valence-electron chi connectivity index (χ4n) is 2.43. The molecule has 2 aromatic heterocycles. The van der Waals surface area contributed by atoms with E-state index in [1.165, 1.54) is 0 Å². The summed E-state index contributed by atoms with van der Waals surface area (Å²) in [5.41, 5.74) is 1.07. The number of nitriles is 1. The highest BCUT2D eigenvalue weighted by Crippen LogP contribution is 2.26. The van der Waals surface area contributed by atoms with Crippen LogP contribution in [-0.2, 0) is 0 Å². The van der Waals surface area contributed by atoms with E-state index in [-0.39, 0.29) is 11.7 Å². The number of oxazole rings is 1. The van der Waals surface area contributed by atoms with Crippen LogP contribution in [0.4, 0.5) is 5.88 Å². The maximum Gasteiger partial charge on any atom is 0.232 e. The molecule has 0 amide bonds. The molecular formula is C18H18N4O2. The van der Waals surface area contributed by atoms with Crippen LogP contribution in [0.15, 0.2) is 57.6 Å². The van der Waals surface area contributed by atoms with Gasteiger partial charge in [0.05, 0.1) is 12.3 Å². The van der Waals surface area contributed by atoms with Gasteiger partial charge in [-0.3, -0.25) is 4.90 Å². The van der Waals surface area contributed by atoms with Gasteiger partial charge in [-0.05, 0) is 38.4 Å². The fourth-order valence-corrected chi connectivity index (χ4v) is 2.43. The van der Waals surface area contributed by atoms with Crippen molar-refractivity contribution < 1.29 is 8.83 Å². The molecule has 0 aliphatic carbocycles. The normalized spacial score (nSPS) is 12.1. The third kappa shape index (κ3) is 3.31. The van der Waals surface area contributed by atoms with Crippen LogP contribution in [0.25, 0.3) is 11.5 Å². The second kappa shape index (κ2) is 7.02. The molecule has 6 heteroatoms. The van der Waals surface area contributed by atoms with Crippen LogP contribution < -0.4 is 5.32 Å². The van der Waals surface area contributed by atoms with Gasteiger partial charge in [0.1, 0.15) is 11.8 Å². The first-order chi connectivity index (χ1) is 11.7. The average Bonchev–Trinajstić information content (AvgIpc) is 3.25. The van der Waals surface area contributed by atoms with E-state index in [2.05, 4.69) is 16.4 Å². The van der Waals surface area contributed by atoms with Crippen molar-refractivity contribution in [2.45, 2.75) is 6.04 Å². The first kappa shape index (κ1) is 15.8. The Balaban J connectivity index is 1.80. The molecule has 0 aliphatic heterocycles. The van der Waals surface area contributed by atoms with Gasteiger partial charge in [0.15, 0.2) is 0 Å². The monoisotopic (exact) mass is 322 g/mol. The molecule has 0 saturated heterocycles.